The van der Waals surface area contributed by atoms with Gasteiger partial charge in [-0.2, -0.15) is 5.10 Å². The van der Waals surface area contributed by atoms with E-state index in [-0.39, 0.29) is 18.8 Å². The van der Waals surface area contributed by atoms with Crippen LogP contribution in [0, 0.1) is 5.92 Å². The van der Waals surface area contributed by atoms with Gasteiger partial charge in [-0.15, -0.1) is 0 Å². The van der Waals surface area contributed by atoms with Crippen molar-refractivity contribution in [3.63, 3.8) is 0 Å². The molecule has 0 aromatic carbocycles. The largest absolute Gasteiger partial charge is 0.392 e. The van der Waals surface area contributed by atoms with Crippen molar-refractivity contribution < 1.29 is 13.9 Å². The molecule has 1 aromatic rings. The van der Waals surface area contributed by atoms with E-state index in [1.54, 1.807) is 4.68 Å². The van der Waals surface area contributed by atoms with Crippen molar-refractivity contribution in [2.75, 3.05) is 0 Å². The summed E-state index contributed by atoms with van der Waals surface area (Å²) in [4.78, 5) is 0. The molecule has 1 aliphatic carbocycles. The smallest absolute Gasteiger partial charge is 0.248 e. The van der Waals surface area contributed by atoms with Gasteiger partial charge in [-0.3, -0.25) is 4.68 Å². The Morgan fingerprint density at radius 2 is 2.33 bits per heavy atom. The van der Waals surface area contributed by atoms with Crippen molar-refractivity contribution in [2.24, 2.45) is 13.0 Å². The maximum Gasteiger partial charge on any atom is 0.248 e. The predicted octanol–water partition coefficient (Wildman–Crippen LogP) is 2.32. The number of aliphatic hydroxyl groups is 1. The van der Waals surface area contributed by atoms with Crippen molar-refractivity contribution >= 4 is 0 Å². The molecule has 1 aromatic heterocycles. The second kappa shape index (κ2) is 4.96. The number of aryl methyl sites for hydroxylation is 2. The van der Waals surface area contributed by atoms with Gasteiger partial charge in [0.1, 0.15) is 0 Å². The van der Waals surface area contributed by atoms with E-state index in [1.807, 2.05) is 20.0 Å². The topological polar surface area (TPSA) is 38.0 Å². The normalized spacial score (nSPS) is 24.4. The van der Waals surface area contributed by atoms with Gasteiger partial charge in [0.05, 0.1) is 11.8 Å². The molecule has 1 saturated carbocycles. The molecule has 1 aliphatic rings. The number of hydrogen-bond donors (Lipinski definition) is 1. The second-order valence-corrected chi connectivity index (χ2v) is 5.23. The van der Waals surface area contributed by atoms with E-state index >= 15 is 0 Å². The zero-order valence-electron chi connectivity index (χ0n) is 10.9. The molecule has 1 N–H and O–H groups in total. The van der Waals surface area contributed by atoms with Crippen molar-refractivity contribution in [1.82, 2.24) is 9.78 Å². The molecule has 2 rings (SSSR count). The average Bonchev–Trinajstić information content (AvgIpc) is 2.82. The summed E-state index contributed by atoms with van der Waals surface area (Å²) in [6.45, 7) is 2.01. The standard InChI is InChI=1S/C13H20F2N2O/c1-3-10-6-11(17(2)16-10)7-12(18)9-4-5-13(14,15)8-9/h6,9,12,18H,3-5,7-8H2,1-2H3. The molecule has 0 bridgehead atoms. The Labute approximate surface area is 106 Å². The molecular formula is C13H20F2N2O. The maximum absolute atomic E-state index is 13.1. The number of halogens is 2. The maximum atomic E-state index is 13.1. The number of aromatic nitrogens is 2. The van der Waals surface area contributed by atoms with Gasteiger partial charge < -0.3 is 5.11 Å². The Hall–Kier alpha value is -0.970. The second-order valence-electron chi connectivity index (χ2n) is 5.23. The molecule has 0 saturated heterocycles. The predicted molar refractivity (Wildman–Crippen MR) is 64.6 cm³/mol. The number of nitrogens with zero attached hydrogens (tertiary/aromatic N) is 2. The van der Waals surface area contributed by atoms with Gasteiger partial charge in [-0.25, -0.2) is 8.78 Å². The third-order valence-corrected chi connectivity index (χ3v) is 3.79. The number of rotatable bonds is 4. The van der Waals surface area contributed by atoms with Crippen molar-refractivity contribution in [3.05, 3.63) is 17.5 Å². The van der Waals surface area contributed by atoms with Crippen LogP contribution in [0.2, 0.25) is 0 Å². The molecule has 0 spiro atoms. The molecule has 0 radical (unpaired) electrons. The van der Waals surface area contributed by atoms with E-state index in [0.29, 0.717) is 12.8 Å². The lowest BCUT2D eigenvalue weighted by Gasteiger charge is -2.17. The summed E-state index contributed by atoms with van der Waals surface area (Å²) < 4.78 is 27.9. The Kier molecular flexibility index (Phi) is 3.71. The van der Waals surface area contributed by atoms with Crippen LogP contribution in [0.4, 0.5) is 8.78 Å². The Morgan fingerprint density at radius 3 is 2.83 bits per heavy atom. The third-order valence-electron chi connectivity index (χ3n) is 3.79. The van der Waals surface area contributed by atoms with E-state index in [4.69, 9.17) is 0 Å². The van der Waals surface area contributed by atoms with E-state index in [1.165, 1.54) is 0 Å². The van der Waals surface area contributed by atoms with Gasteiger partial charge in [0.15, 0.2) is 0 Å². The first-order valence-corrected chi connectivity index (χ1v) is 6.49. The summed E-state index contributed by atoms with van der Waals surface area (Å²) in [6, 6.07) is 1.94. The highest BCUT2D eigenvalue weighted by atomic mass is 19.3. The quantitative estimate of drug-likeness (QED) is 0.900. The Balaban J connectivity index is 1.98. The van der Waals surface area contributed by atoms with Crippen LogP contribution in [0.25, 0.3) is 0 Å². The molecule has 1 fully saturated rings. The first-order valence-electron chi connectivity index (χ1n) is 6.49. The minimum absolute atomic E-state index is 0.0969. The summed E-state index contributed by atoms with van der Waals surface area (Å²) in [5.41, 5.74) is 1.88. The Morgan fingerprint density at radius 1 is 1.61 bits per heavy atom. The first-order chi connectivity index (χ1) is 8.41. The molecule has 3 nitrogen and oxygen atoms in total. The summed E-state index contributed by atoms with van der Waals surface area (Å²) in [7, 11) is 1.82. The molecule has 1 heterocycles. The van der Waals surface area contributed by atoms with Crippen molar-refractivity contribution in [2.45, 2.75) is 51.1 Å². The third kappa shape index (κ3) is 2.88. The van der Waals surface area contributed by atoms with E-state index in [2.05, 4.69) is 5.10 Å². The van der Waals surface area contributed by atoms with Gasteiger partial charge in [-0.1, -0.05) is 6.92 Å². The summed E-state index contributed by atoms with van der Waals surface area (Å²) in [5, 5.41) is 14.4. The van der Waals surface area contributed by atoms with Crippen LogP contribution in [0.1, 0.15) is 37.6 Å². The van der Waals surface area contributed by atoms with Crippen LogP contribution in [0.15, 0.2) is 6.07 Å². The summed E-state index contributed by atoms with van der Waals surface area (Å²) >= 11 is 0. The molecule has 0 amide bonds. The van der Waals surface area contributed by atoms with Crippen LogP contribution in [-0.4, -0.2) is 26.9 Å². The summed E-state index contributed by atoms with van der Waals surface area (Å²) in [6.07, 6.45) is 0.674. The van der Waals surface area contributed by atoms with Gasteiger partial charge in [-0.05, 0) is 24.8 Å². The van der Waals surface area contributed by atoms with Crippen LogP contribution in [0.5, 0.6) is 0 Å². The van der Waals surface area contributed by atoms with Gasteiger partial charge in [0.25, 0.3) is 0 Å². The molecule has 2 unspecified atom stereocenters. The van der Waals surface area contributed by atoms with E-state index < -0.39 is 12.0 Å². The fourth-order valence-corrected chi connectivity index (χ4v) is 2.63. The molecule has 2 atom stereocenters. The first kappa shape index (κ1) is 13.5. The number of alkyl halides is 2. The lowest BCUT2D eigenvalue weighted by Crippen LogP contribution is -2.23. The van der Waals surface area contributed by atoms with Gasteiger partial charge in [0, 0.05) is 32.0 Å². The van der Waals surface area contributed by atoms with Crippen molar-refractivity contribution in [3.8, 4) is 0 Å². The lowest BCUT2D eigenvalue weighted by atomic mass is 9.96. The van der Waals surface area contributed by atoms with E-state index in [0.717, 1.165) is 17.8 Å². The SMILES string of the molecule is CCc1cc(CC(O)C2CCC(F)(F)C2)n(C)n1. The minimum Gasteiger partial charge on any atom is -0.392 e. The van der Waals surface area contributed by atoms with Crippen molar-refractivity contribution in [1.29, 1.82) is 0 Å². The zero-order valence-corrected chi connectivity index (χ0v) is 10.9. The molecular weight excluding hydrogens is 238 g/mol. The van der Waals surface area contributed by atoms with E-state index in [9.17, 15) is 13.9 Å². The molecule has 102 valence electrons. The van der Waals surface area contributed by atoms with Crippen LogP contribution >= 0.6 is 0 Å². The zero-order chi connectivity index (χ0) is 13.3. The summed E-state index contributed by atoms with van der Waals surface area (Å²) in [5.74, 6) is -2.88. The Bertz CT molecular complexity index is 417. The average molecular weight is 258 g/mol. The highest BCUT2D eigenvalue weighted by Crippen LogP contribution is 2.40. The van der Waals surface area contributed by atoms with Gasteiger partial charge >= 0.3 is 0 Å². The van der Waals surface area contributed by atoms with Crippen LogP contribution in [0.3, 0.4) is 0 Å². The lowest BCUT2D eigenvalue weighted by molar-refractivity contribution is -0.00494. The monoisotopic (exact) mass is 258 g/mol. The molecule has 0 aliphatic heterocycles. The fourth-order valence-electron chi connectivity index (χ4n) is 2.63. The molecule has 5 heteroatoms. The molecule has 18 heavy (non-hydrogen) atoms. The minimum atomic E-state index is -2.59. The van der Waals surface area contributed by atoms with Crippen LogP contribution < -0.4 is 0 Å². The highest BCUT2D eigenvalue weighted by molar-refractivity contribution is 5.11. The van der Waals surface area contributed by atoms with Gasteiger partial charge in [0.2, 0.25) is 5.92 Å². The number of hydrogen-bond acceptors (Lipinski definition) is 2. The fraction of sp³-hybridized carbons (Fsp3) is 0.769. The number of aliphatic hydroxyl groups excluding tert-OH is 1. The highest BCUT2D eigenvalue weighted by Gasteiger charge is 2.42. The van der Waals surface area contributed by atoms with Crippen LogP contribution in [-0.2, 0) is 19.9 Å².